The highest BCUT2D eigenvalue weighted by molar-refractivity contribution is 6.04. The second kappa shape index (κ2) is 9.39. The summed E-state index contributed by atoms with van der Waals surface area (Å²) in [5, 5.41) is 10.5. The van der Waals surface area contributed by atoms with Crippen molar-refractivity contribution >= 4 is 28.8 Å². The van der Waals surface area contributed by atoms with Crippen LogP contribution in [0.15, 0.2) is 36.0 Å². The van der Waals surface area contributed by atoms with Gasteiger partial charge in [-0.05, 0) is 26.0 Å². The highest BCUT2D eigenvalue weighted by atomic mass is 16.5. The highest BCUT2D eigenvalue weighted by Gasteiger charge is 2.20. The standard InChI is InChI=1S/C22H26N4O3/c1-3-24(4-2)22(28)17(14-23)13-18-15-26(20-8-6-5-7-19(18)20)16-21(27)25-9-11-29-12-10-25/h5-8,13,15H,3-4,9-12,16H2,1-2H3/b17-13+. The topological polar surface area (TPSA) is 78.6 Å². The van der Waals surface area contributed by atoms with Crippen LogP contribution in [0.2, 0.25) is 0 Å². The molecule has 0 aliphatic carbocycles. The summed E-state index contributed by atoms with van der Waals surface area (Å²) in [5.74, 6) is -0.247. The first-order valence-electron chi connectivity index (χ1n) is 9.93. The van der Waals surface area contributed by atoms with Crippen LogP contribution in [0, 0.1) is 11.3 Å². The van der Waals surface area contributed by atoms with Crippen LogP contribution >= 0.6 is 0 Å². The molecule has 1 aliphatic rings. The number of fused-ring (bicyclic) bond motifs is 1. The van der Waals surface area contributed by atoms with Crippen molar-refractivity contribution in [2.24, 2.45) is 0 Å². The largest absolute Gasteiger partial charge is 0.378 e. The van der Waals surface area contributed by atoms with Gasteiger partial charge in [-0.1, -0.05) is 18.2 Å². The van der Waals surface area contributed by atoms with Gasteiger partial charge in [0.1, 0.15) is 18.2 Å². The number of para-hydroxylation sites is 1. The molecule has 0 atom stereocenters. The molecule has 0 radical (unpaired) electrons. The van der Waals surface area contributed by atoms with Crippen molar-refractivity contribution in [1.29, 1.82) is 5.26 Å². The van der Waals surface area contributed by atoms with Gasteiger partial charge in [-0.3, -0.25) is 9.59 Å². The molecule has 1 aromatic heterocycles. The van der Waals surface area contributed by atoms with E-state index in [2.05, 4.69) is 0 Å². The first kappa shape index (κ1) is 20.6. The number of morpholine rings is 1. The SMILES string of the molecule is CCN(CC)C(=O)/C(C#N)=C/c1cn(CC(=O)N2CCOCC2)c2ccccc12. The monoisotopic (exact) mass is 394 g/mol. The number of carbonyl (C=O) groups is 2. The van der Waals surface area contributed by atoms with Crippen LogP contribution in [0.25, 0.3) is 17.0 Å². The van der Waals surface area contributed by atoms with Crippen LogP contribution in [0.1, 0.15) is 19.4 Å². The number of nitriles is 1. The molecule has 7 heteroatoms. The minimum Gasteiger partial charge on any atom is -0.378 e. The average molecular weight is 394 g/mol. The molecule has 1 saturated heterocycles. The van der Waals surface area contributed by atoms with Crippen LogP contribution in [0.3, 0.4) is 0 Å². The molecule has 0 spiro atoms. The van der Waals surface area contributed by atoms with Gasteiger partial charge >= 0.3 is 0 Å². The number of hydrogen-bond acceptors (Lipinski definition) is 4. The first-order valence-corrected chi connectivity index (χ1v) is 9.93. The molecular weight excluding hydrogens is 368 g/mol. The summed E-state index contributed by atoms with van der Waals surface area (Å²) in [6.07, 6.45) is 3.47. The van der Waals surface area contributed by atoms with Crippen LogP contribution in [0.5, 0.6) is 0 Å². The fraction of sp³-hybridized carbons (Fsp3) is 0.409. The summed E-state index contributed by atoms with van der Waals surface area (Å²) in [6.45, 7) is 7.40. The number of hydrogen-bond donors (Lipinski definition) is 0. The van der Waals surface area contributed by atoms with Gasteiger partial charge in [-0.2, -0.15) is 5.26 Å². The van der Waals surface area contributed by atoms with Gasteiger partial charge in [0.05, 0.1) is 13.2 Å². The maximum Gasteiger partial charge on any atom is 0.264 e. The lowest BCUT2D eigenvalue weighted by Crippen LogP contribution is -2.42. The second-order valence-electron chi connectivity index (χ2n) is 6.87. The van der Waals surface area contributed by atoms with E-state index in [0.29, 0.717) is 39.4 Å². The number of nitrogens with zero attached hydrogens (tertiary/aromatic N) is 4. The maximum absolute atomic E-state index is 12.7. The van der Waals surface area contributed by atoms with E-state index >= 15 is 0 Å². The predicted molar refractivity (Wildman–Crippen MR) is 111 cm³/mol. The molecule has 29 heavy (non-hydrogen) atoms. The van der Waals surface area contributed by atoms with Gasteiger partial charge < -0.3 is 19.1 Å². The van der Waals surface area contributed by atoms with Crippen molar-refractivity contribution in [3.63, 3.8) is 0 Å². The summed E-state index contributed by atoms with van der Waals surface area (Å²) in [5.41, 5.74) is 1.75. The van der Waals surface area contributed by atoms with Gasteiger partial charge in [-0.25, -0.2) is 0 Å². The van der Waals surface area contributed by atoms with Gasteiger partial charge in [0.2, 0.25) is 5.91 Å². The van der Waals surface area contributed by atoms with Crippen LogP contribution in [-0.2, 0) is 20.9 Å². The Kier molecular flexibility index (Phi) is 6.68. The zero-order valence-electron chi connectivity index (χ0n) is 16.9. The zero-order valence-corrected chi connectivity index (χ0v) is 16.9. The van der Waals surface area contributed by atoms with E-state index < -0.39 is 0 Å². The Morgan fingerprint density at radius 3 is 2.55 bits per heavy atom. The quantitative estimate of drug-likeness (QED) is 0.556. The number of aromatic nitrogens is 1. The van der Waals surface area contributed by atoms with Crippen molar-refractivity contribution in [2.45, 2.75) is 20.4 Å². The highest BCUT2D eigenvalue weighted by Crippen LogP contribution is 2.24. The van der Waals surface area contributed by atoms with Crippen LogP contribution < -0.4 is 0 Å². The second-order valence-corrected chi connectivity index (χ2v) is 6.87. The van der Waals surface area contributed by atoms with Gasteiger partial charge in [0.25, 0.3) is 5.91 Å². The minimum absolute atomic E-state index is 0.0318. The Morgan fingerprint density at radius 2 is 1.90 bits per heavy atom. The van der Waals surface area contributed by atoms with E-state index in [4.69, 9.17) is 4.74 Å². The Hall–Kier alpha value is -3.11. The molecule has 3 rings (SSSR count). The average Bonchev–Trinajstić information content (AvgIpc) is 3.10. The number of benzene rings is 1. The minimum atomic E-state index is -0.279. The molecule has 0 bridgehead atoms. The number of likely N-dealkylation sites (N-methyl/N-ethyl adjacent to an activating group) is 1. The van der Waals surface area contributed by atoms with Gasteiger partial charge in [-0.15, -0.1) is 0 Å². The van der Waals surface area contributed by atoms with E-state index in [-0.39, 0.29) is 23.9 Å². The Morgan fingerprint density at radius 1 is 1.21 bits per heavy atom. The first-order chi connectivity index (χ1) is 14.1. The van der Waals surface area contributed by atoms with Crippen molar-refractivity contribution in [2.75, 3.05) is 39.4 Å². The van der Waals surface area contributed by atoms with E-state index in [1.165, 1.54) is 0 Å². The summed E-state index contributed by atoms with van der Waals surface area (Å²) < 4.78 is 7.20. The molecule has 7 nitrogen and oxygen atoms in total. The molecule has 0 saturated carbocycles. The fourth-order valence-corrected chi connectivity index (χ4v) is 3.56. The fourth-order valence-electron chi connectivity index (χ4n) is 3.56. The van der Waals surface area contributed by atoms with Crippen LogP contribution in [-0.4, -0.2) is 65.6 Å². The third kappa shape index (κ3) is 4.49. The lowest BCUT2D eigenvalue weighted by atomic mass is 10.1. The predicted octanol–water partition coefficient (Wildman–Crippen LogP) is 2.28. The van der Waals surface area contributed by atoms with E-state index in [0.717, 1.165) is 16.5 Å². The van der Waals surface area contributed by atoms with Crippen LogP contribution in [0.4, 0.5) is 0 Å². The summed E-state index contributed by atoms with van der Waals surface area (Å²) in [7, 11) is 0. The van der Waals surface area contributed by atoms with Crippen molar-refractivity contribution in [3.8, 4) is 6.07 Å². The third-order valence-corrected chi connectivity index (χ3v) is 5.19. The molecule has 152 valence electrons. The van der Waals surface area contributed by atoms with E-state index in [1.807, 2.05) is 54.9 Å². The van der Waals surface area contributed by atoms with Gasteiger partial charge in [0, 0.05) is 48.8 Å². The molecule has 1 aliphatic heterocycles. The molecule has 1 aromatic carbocycles. The zero-order chi connectivity index (χ0) is 20.8. The summed E-state index contributed by atoms with van der Waals surface area (Å²) in [4.78, 5) is 28.7. The van der Waals surface area contributed by atoms with Crippen molar-refractivity contribution in [3.05, 3.63) is 41.6 Å². The molecule has 0 unspecified atom stereocenters. The number of amides is 2. The van der Waals surface area contributed by atoms with Crippen molar-refractivity contribution in [1.82, 2.24) is 14.4 Å². The Balaban J connectivity index is 1.94. The van der Waals surface area contributed by atoms with E-state index in [9.17, 15) is 14.9 Å². The Bertz CT molecular complexity index is 960. The number of ether oxygens (including phenoxy) is 1. The lowest BCUT2D eigenvalue weighted by Gasteiger charge is -2.27. The molecule has 1 fully saturated rings. The molecule has 0 N–H and O–H groups in total. The van der Waals surface area contributed by atoms with E-state index in [1.54, 1.807) is 15.9 Å². The van der Waals surface area contributed by atoms with Gasteiger partial charge in [0.15, 0.2) is 0 Å². The number of rotatable bonds is 6. The molecule has 2 amide bonds. The summed E-state index contributed by atoms with van der Waals surface area (Å²) >= 11 is 0. The van der Waals surface area contributed by atoms with Crippen molar-refractivity contribution < 1.29 is 14.3 Å². The Labute approximate surface area is 170 Å². The smallest absolute Gasteiger partial charge is 0.264 e. The molecule has 2 aromatic rings. The lowest BCUT2D eigenvalue weighted by molar-refractivity contribution is -0.135. The third-order valence-electron chi connectivity index (χ3n) is 5.19. The number of carbonyl (C=O) groups excluding carboxylic acids is 2. The molecule has 2 heterocycles. The summed E-state index contributed by atoms with van der Waals surface area (Å²) in [6, 6.07) is 9.74. The molecular formula is C22H26N4O3. The maximum atomic E-state index is 12.7. The normalized spacial score (nSPS) is 14.7.